The van der Waals surface area contributed by atoms with Gasteiger partial charge in [-0.05, 0) is 73.2 Å². The summed E-state index contributed by atoms with van der Waals surface area (Å²) >= 11 is 0. The third-order valence-electron chi connectivity index (χ3n) is 5.35. The largest absolute Gasteiger partial charge is 0.493 e. The average molecular weight is 503 g/mol. The molecular formula is C25H34N4O5S. The van der Waals surface area contributed by atoms with Crippen molar-refractivity contribution < 1.29 is 22.7 Å². The summed E-state index contributed by atoms with van der Waals surface area (Å²) in [6.07, 6.45) is 5.42. The zero-order chi connectivity index (χ0) is 25.4. The summed E-state index contributed by atoms with van der Waals surface area (Å²) in [5, 5.41) is 9.35. The number of hydrogen-bond donors (Lipinski definition) is 2. The number of sulfonamides is 1. The minimum atomic E-state index is -3.36. The van der Waals surface area contributed by atoms with E-state index >= 15 is 0 Å². The monoisotopic (exact) mass is 502 g/mol. The Morgan fingerprint density at radius 3 is 2.51 bits per heavy atom. The Bertz CT molecular complexity index is 1130. The molecule has 0 spiro atoms. The number of amides is 1. The number of carbonyl (C=O) groups is 1. The Morgan fingerprint density at radius 2 is 1.86 bits per heavy atom. The highest BCUT2D eigenvalue weighted by atomic mass is 32.2. The Hall–Kier alpha value is -3.27. The average Bonchev–Trinajstić information content (AvgIpc) is 2.82. The normalized spacial score (nSPS) is 16.4. The predicted molar refractivity (Wildman–Crippen MR) is 139 cm³/mol. The van der Waals surface area contributed by atoms with Crippen molar-refractivity contribution in [3.05, 3.63) is 48.0 Å². The molecule has 1 unspecified atom stereocenters. The molecule has 0 radical (unpaired) electrons. The molecule has 1 fully saturated rings. The molecule has 0 aliphatic carbocycles. The van der Waals surface area contributed by atoms with Gasteiger partial charge in [-0.1, -0.05) is 13.8 Å². The maximum absolute atomic E-state index is 13.0. The van der Waals surface area contributed by atoms with Crippen molar-refractivity contribution >= 4 is 33.5 Å². The van der Waals surface area contributed by atoms with Crippen molar-refractivity contribution in [1.29, 1.82) is 0 Å². The third kappa shape index (κ3) is 8.17. The number of nitrogens with zero attached hydrogens (tertiary/aromatic N) is 2. The van der Waals surface area contributed by atoms with Crippen LogP contribution < -0.4 is 19.5 Å². The van der Waals surface area contributed by atoms with E-state index in [1.54, 1.807) is 37.6 Å². The van der Waals surface area contributed by atoms with Crippen LogP contribution in [0.1, 0.15) is 38.7 Å². The zero-order valence-corrected chi connectivity index (χ0v) is 21.5. The van der Waals surface area contributed by atoms with Gasteiger partial charge in [-0.3, -0.25) is 14.5 Å². The van der Waals surface area contributed by atoms with Gasteiger partial charge in [0.25, 0.3) is 0 Å². The summed E-state index contributed by atoms with van der Waals surface area (Å²) < 4.78 is 36.4. The van der Waals surface area contributed by atoms with E-state index < -0.39 is 16.1 Å². The van der Waals surface area contributed by atoms with Gasteiger partial charge in [0.15, 0.2) is 11.5 Å². The van der Waals surface area contributed by atoms with Crippen LogP contribution in [0, 0.1) is 5.92 Å². The molecule has 0 bridgehead atoms. The molecule has 1 aliphatic rings. The molecule has 1 saturated heterocycles. The van der Waals surface area contributed by atoms with Crippen LogP contribution in [0.5, 0.6) is 11.5 Å². The first-order valence-corrected chi connectivity index (χ1v) is 13.5. The van der Waals surface area contributed by atoms with Gasteiger partial charge in [0.2, 0.25) is 15.9 Å². The fourth-order valence-corrected chi connectivity index (χ4v) is 4.23. The van der Waals surface area contributed by atoms with Crippen LogP contribution in [0.4, 0.5) is 11.4 Å². The van der Waals surface area contributed by atoms with Crippen LogP contribution in [-0.2, 0) is 14.8 Å². The summed E-state index contributed by atoms with van der Waals surface area (Å²) in [6.45, 7) is 5.43. The smallest absolute Gasteiger partial charge is 0.248 e. The standard InChI is InChI=1S/C25H34N4O5S/c1-18(2)17-34-24-15-19(8-13-23(24)33-3)16-26-29-14-6-5-7-22(29)25(30)27-20-9-11-21(12-10-20)28-35(4,31)32/h8-13,15-16,18,22,28H,5-7,14,17H2,1-4H3,(H,27,30)/b26-16+. The van der Waals surface area contributed by atoms with Crippen molar-refractivity contribution in [3.8, 4) is 11.5 Å². The minimum Gasteiger partial charge on any atom is -0.493 e. The highest BCUT2D eigenvalue weighted by Crippen LogP contribution is 2.28. The lowest BCUT2D eigenvalue weighted by molar-refractivity contribution is -0.122. The van der Waals surface area contributed by atoms with E-state index in [-0.39, 0.29) is 5.91 Å². The van der Waals surface area contributed by atoms with E-state index in [2.05, 4.69) is 29.0 Å². The van der Waals surface area contributed by atoms with Crippen LogP contribution in [0.15, 0.2) is 47.6 Å². The number of benzene rings is 2. The van der Waals surface area contributed by atoms with E-state index in [0.29, 0.717) is 48.4 Å². The fraction of sp³-hybridized carbons (Fsp3) is 0.440. The van der Waals surface area contributed by atoms with Gasteiger partial charge < -0.3 is 14.8 Å². The number of nitrogens with one attached hydrogen (secondary N) is 2. The molecule has 1 aliphatic heterocycles. The van der Waals surface area contributed by atoms with Crippen molar-refractivity contribution in [2.24, 2.45) is 11.0 Å². The zero-order valence-electron chi connectivity index (χ0n) is 20.7. The lowest BCUT2D eigenvalue weighted by atomic mass is 10.0. The van der Waals surface area contributed by atoms with E-state index in [4.69, 9.17) is 9.47 Å². The number of methoxy groups -OCH3 is 1. The number of hydrogen-bond acceptors (Lipinski definition) is 7. The molecule has 10 heteroatoms. The van der Waals surface area contributed by atoms with Gasteiger partial charge in [0, 0.05) is 17.9 Å². The second-order valence-corrected chi connectivity index (χ2v) is 10.7. The maximum atomic E-state index is 13.0. The Morgan fingerprint density at radius 1 is 1.14 bits per heavy atom. The fourth-order valence-electron chi connectivity index (χ4n) is 3.67. The second kappa shape index (κ2) is 11.9. The van der Waals surface area contributed by atoms with Crippen molar-refractivity contribution in [1.82, 2.24) is 5.01 Å². The molecule has 1 atom stereocenters. The molecule has 2 aromatic rings. The Labute approximate surface area is 207 Å². The van der Waals surface area contributed by atoms with E-state index in [1.165, 1.54) is 0 Å². The molecular weight excluding hydrogens is 468 g/mol. The number of hydrazone groups is 1. The summed E-state index contributed by atoms with van der Waals surface area (Å²) in [5.41, 5.74) is 1.87. The molecule has 1 heterocycles. The SMILES string of the molecule is COc1ccc(/C=N/N2CCCCC2C(=O)Nc2ccc(NS(C)(=O)=O)cc2)cc1OCC(C)C. The topological polar surface area (TPSA) is 109 Å². The van der Waals surface area contributed by atoms with Gasteiger partial charge in [-0.15, -0.1) is 0 Å². The van der Waals surface area contributed by atoms with Crippen LogP contribution in [0.2, 0.25) is 0 Å². The highest BCUT2D eigenvalue weighted by Gasteiger charge is 2.28. The number of anilines is 2. The van der Waals surface area contributed by atoms with Crippen LogP contribution in [-0.4, -0.2) is 58.1 Å². The van der Waals surface area contributed by atoms with Crippen LogP contribution in [0.3, 0.4) is 0 Å². The number of piperidine rings is 1. The van der Waals surface area contributed by atoms with Gasteiger partial charge in [0.05, 0.1) is 26.2 Å². The molecule has 0 saturated carbocycles. The van der Waals surface area contributed by atoms with E-state index in [1.807, 2.05) is 23.2 Å². The van der Waals surface area contributed by atoms with Crippen molar-refractivity contribution in [3.63, 3.8) is 0 Å². The van der Waals surface area contributed by atoms with Crippen LogP contribution >= 0.6 is 0 Å². The summed E-state index contributed by atoms with van der Waals surface area (Å²) in [4.78, 5) is 13.0. The van der Waals surface area contributed by atoms with Gasteiger partial charge in [-0.25, -0.2) is 8.42 Å². The summed E-state index contributed by atoms with van der Waals surface area (Å²) in [6, 6.07) is 11.8. The van der Waals surface area contributed by atoms with Gasteiger partial charge in [0.1, 0.15) is 6.04 Å². The first kappa shape index (κ1) is 26.3. The number of ether oxygens (including phenoxy) is 2. The van der Waals surface area contributed by atoms with Crippen molar-refractivity contribution in [2.75, 3.05) is 36.6 Å². The predicted octanol–water partition coefficient (Wildman–Crippen LogP) is 3.93. The van der Waals surface area contributed by atoms with E-state index in [9.17, 15) is 13.2 Å². The number of carbonyl (C=O) groups excluding carboxylic acids is 1. The molecule has 35 heavy (non-hydrogen) atoms. The van der Waals surface area contributed by atoms with Crippen LogP contribution in [0.25, 0.3) is 0 Å². The first-order valence-electron chi connectivity index (χ1n) is 11.6. The Kier molecular flexibility index (Phi) is 8.97. The maximum Gasteiger partial charge on any atom is 0.248 e. The van der Waals surface area contributed by atoms with Gasteiger partial charge in [-0.2, -0.15) is 5.10 Å². The third-order valence-corrected chi connectivity index (χ3v) is 5.95. The first-order chi connectivity index (χ1) is 16.6. The molecule has 9 nitrogen and oxygen atoms in total. The van der Waals surface area contributed by atoms with Crippen molar-refractivity contribution in [2.45, 2.75) is 39.2 Å². The lowest BCUT2D eigenvalue weighted by Gasteiger charge is -2.32. The molecule has 2 N–H and O–H groups in total. The molecule has 0 aromatic heterocycles. The number of rotatable bonds is 10. The molecule has 190 valence electrons. The molecule has 1 amide bonds. The summed E-state index contributed by atoms with van der Waals surface area (Å²) in [7, 11) is -1.75. The highest BCUT2D eigenvalue weighted by molar-refractivity contribution is 7.92. The van der Waals surface area contributed by atoms with Gasteiger partial charge >= 0.3 is 0 Å². The van der Waals surface area contributed by atoms with E-state index in [0.717, 1.165) is 24.7 Å². The Balaban J connectivity index is 1.68. The summed E-state index contributed by atoms with van der Waals surface area (Å²) in [5.74, 6) is 1.56. The second-order valence-electron chi connectivity index (χ2n) is 8.98. The minimum absolute atomic E-state index is 0.152. The molecule has 2 aromatic carbocycles. The quantitative estimate of drug-likeness (QED) is 0.477. The molecule has 3 rings (SSSR count). The lowest BCUT2D eigenvalue weighted by Crippen LogP contribution is -2.44.